The lowest BCUT2D eigenvalue weighted by molar-refractivity contribution is -0.127. The zero-order valence-electron chi connectivity index (χ0n) is 5.83. The molecule has 0 spiro atoms. The number of hydrogen-bond acceptors (Lipinski definition) is 4. The highest BCUT2D eigenvalue weighted by molar-refractivity contribution is 5.91. The quantitative estimate of drug-likeness (QED) is 0.204. The Morgan fingerprint density at radius 3 is 1.73 bits per heavy atom. The first kappa shape index (κ1) is 7.96. The summed E-state index contributed by atoms with van der Waals surface area (Å²) in [5, 5.41) is 0. The van der Waals surface area contributed by atoms with Gasteiger partial charge < -0.3 is 0 Å². The van der Waals surface area contributed by atoms with Gasteiger partial charge in [0.05, 0.1) is 11.8 Å². The molecule has 6 N–H and O–H groups in total. The summed E-state index contributed by atoms with van der Waals surface area (Å²) in [5.74, 6) is 8.52. The highest BCUT2D eigenvalue weighted by atomic mass is 16.2. The molecule has 0 aromatic rings. The summed E-state index contributed by atoms with van der Waals surface area (Å²) in [7, 11) is 0. The number of rotatable bonds is 2. The lowest BCUT2D eigenvalue weighted by Crippen LogP contribution is -2.36. The van der Waals surface area contributed by atoms with Crippen molar-refractivity contribution in [2.75, 3.05) is 0 Å². The number of nitrogens with two attached hydrogens (primary N) is 2. The molecule has 2 atom stereocenters. The Morgan fingerprint density at radius 1 is 1.09 bits per heavy atom. The summed E-state index contributed by atoms with van der Waals surface area (Å²) in [5.41, 5.74) is 3.95. The van der Waals surface area contributed by atoms with Gasteiger partial charge in [0.15, 0.2) is 0 Å². The summed E-state index contributed by atoms with van der Waals surface area (Å²) < 4.78 is 0. The van der Waals surface area contributed by atoms with Crippen LogP contribution in [-0.4, -0.2) is 11.8 Å². The van der Waals surface area contributed by atoms with E-state index < -0.39 is 0 Å². The third kappa shape index (κ3) is 1.47. The highest BCUT2D eigenvalue weighted by Gasteiger charge is 2.47. The molecule has 0 saturated heterocycles. The van der Waals surface area contributed by atoms with Gasteiger partial charge >= 0.3 is 0 Å². The van der Waals surface area contributed by atoms with Crippen LogP contribution in [0.15, 0.2) is 0 Å². The molecule has 0 radical (unpaired) electrons. The van der Waals surface area contributed by atoms with E-state index in [1.54, 1.807) is 0 Å². The second-order valence-electron chi connectivity index (χ2n) is 2.47. The van der Waals surface area contributed by atoms with Crippen LogP contribution in [0.1, 0.15) is 6.42 Å². The molecule has 2 amide bonds. The van der Waals surface area contributed by atoms with Crippen LogP contribution in [0.3, 0.4) is 0 Å². The molecule has 6 nitrogen and oxygen atoms in total. The molecule has 1 rings (SSSR count). The third-order valence-corrected chi connectivity index (χ3v) is 1.75. The van der Waals surface area contributed by atoms with Crippen molar-refractivity contribution in [3.8, 4) is 0 Å². The van der Waals surface area contributed by atoms with Crippen molar-refractivity contribution in [2.45, 2.75) is 6.42 Å². The SMILES string of the molecule is NNC(=O)[C@@H]1C[C@H]1C(=O)NN. The molecule has 6 heteroatoms. The third-order valence-electron chi connectivity index (χ3n) is 1.75. The smallest absolute Gasteiger partial charge is 0.237 e. The van der Waals surface area contributed by atoms with Gasteiger partial charge in [-0.3, -0.25) is 20.4 Å². The number of carbonyl (C=O) groups is 2. The van der Waals surface area contributed by atoms with Crippen molar-refractivity contribution in [2.24, 2.45) is 23.5 Å². The van der Waals surface area contributed by atoms with Crippen LogP contribution >= 0.6 is 0 Å². The molecule has 11 heavy (non-hydrogen) atoms. The van der Waals surface area contributed by atoms with Crippen molar-refractivity contribution < 1.29 is 9.59 Å². The number of carbonyl (C=O) groups excluding carboxylic acids is 2. The molecule has 0 aromatic carbocycles. The molecule has 0 heterocycles. The van der Waals surface area contributed by atoms with Gasteiger partial charge in [-0.1, -0.05) is 0 Å². The molecular weight excluding hydrogens is 148 g/mol. The molecule has 1 fully saturated rings. The molecule has 0 aromatic heterocycles. The summed E-state index contributed by atoms with van der Waals surface area (Å²) in [4.78, 5) is 21.5. The Bertz CT molecular complexity index is 173. The summed E-state index contributed by atoms with van der Waals surface area (Å²) in [6, 6.07) is 0. The monoisotopic (exact) mass is 158 g/mol. The van der Waals surface area contributed by atoms with Gasteiger partial charge in [0.1, 0.15) is 0 Å². The van der Waals surface area contributed by atoms with Gasteiger partial charge in [-0.05, 0) is 6.42 Å². The van der Waals surface area contributed by atoms with E-state index in [-0.39, 0.29) is 23.7 Å². The average molecular weight is 158 g/mol. The molecule has 0 aliphatic heterocycles. The highest BCUT2D eigenvalue weighted by Crippen LogP contribution is 2.38. The Labute approximate surface area is 63.2 Å². The van der Waals surface area contributed by atoms with Gasteiger partial charge in [0.2, 0.25) is 11.8 Å². The second-order valence-corrected chi connectivity index (χ2v) is 2.47. The van der Waals surface area contributed by atoms with E-state index >= 15 is 0 Å². The maximum atomic E-state index is 10.7. The van der Waals surface area contributed by atoms with E-state index in [0.29, 0.717) is 6.42 Å². The summed E-state index contributed by atoms with van der Waals surface area (Å²) in [6.07, 6.45) is 0.534. The minimum absolute atomic E-state index is 0.288. The molecular formula is C5H10N4O2. The topological polar surface area (TPSA) is 110 Å². The van der Waals surface area contributed by atoms with Crippen LogP contribution in [0.4, 0.5) is 0 Å². The van der Waals surface area contributed by atoms with Gasteiger partial charge in [-0.15, -0.1) is 0 Å². The minimum atomic E-state index is -0.307. The fourth-order valence-corrected chi connectivity index (χ4v) is 0.989. The Morgan fingerprint density at radius 2 is 1.45 bits per heavy atom. The molecule has 1 aliphatic rings. The Kier molecular flexibility index (Phi) is 2.06. The zero-order chi connectivity index (χ0) is 8.43. The predicted molar refractivity (Wildman–Crippen MR) is 36.3 cm³/mol. The van der Waals surface area contributed by atoms with Gasteiger partial charge in [0, 0.05) is 0 Å². The summed E-state index contributed by atoms with van der Waals surface area (Å²) in [6.45, 7) is 0. The van der Waals surface area contributed by atoms with E-state index in [1.807, 2.05) is 10.9 Å². The second kappa shape index (κ2) is 2.85. The number of nitrogens with one attached hydrogen (secondary N) is 2. The molecule has 1 aliphatic carbocycles. The van der Waals surface area contributed by atoms with Crippen LogP contribution in [0, 0.1) is 11.8 Å². The van der Waals surface area contributed by atoms with Crippen molar-refractivity contribution in [1.29, 1.82) is 0 Å². The van der Waals surface area contributed by atoms with E-state index in [1.165, 1.54) is 0 Å². The lowest BCUT2D eigenvalue weighted by Gasteiger charge is -1.96. The Hall–Kier alpha value is -1.14. The fraction of sp³-hybridized carbons (Fsp3) is 0.600. The lowest BCUT2D eigenvalue weighted by atomic mass is 10.3. The maximum absolute atomic E-state index is 10.7. The number of amides is 2. The average Bonchev–Trinajstić information content (AvgIpc) is 2.80. The first-order chi connectivity index (χ1) is 5.20. The number of hydrazine groups is 2. The van der Waals surface area contributed by atoms with Gasteiger partial charge in [-0.2, -0.15) is 0 Å². The van der Waals surface area contributed by atoms with Crippen LogP contribution in [0.25, 0.3) is 0 Å². The standard InChI is InChI=1S/C5H10N4O2/c6-8-4(10)2-1-3(2)5(11)9-7/h2-3H,1,6-7H2,(H,8,10)(H,9,11)/t2-,3-/m1/s1. The van der Waals surface area contributed by atoms with E-state index in [4.69, 9.17) is 11.7 Å². The van der Waals surface area contributed by atoms with Crippen LogP contribution < -0.4 is 22.5 Å². The van der Waals surface area contributed by atoms with Gasteiger partial charge in [0.25, 0.3) is 0 Å². The summed E-state index contributed by atoms with van der Waals surface area (Å²) >= 11 is 0. The van der Waals surface area contributed by atoms with Gasteiger partial charge in [-0.25, -0.2) is 11.7 Å². The van der Waals surface area contributed by atoms with Crippen molar-refractivity contribution in [1.82, 2.24) is 10.9 Å². The van der Waals surface area contributed by atoms with Crippen molar-refractivity contribution in [3.05, 3.63) is 0 Å². The molecule has 62 valence electrons. The van der Waals surface area contributed by atoms with Crippen molar-refractivity contribution >= 4 is 11.8 Å². The van der Waals surface area contributed by atoms with E-state index in [0.717, 1.165) is 0 Å². The van der Waals surface area contributed by atoms with Crippen molar-refractivity contribution in [3.63, 3.8) is 0 Å². The zero-order valence-corrected chi connectivity index (χ0v) is 5.83. The maximum Gasteiger partial charge on any atom is 0.237 e. The first-order valence-electron chi connectivity index (χ1n) is 3.21. The predicted octanol–water partition coefficient (Wildman–Crippen LogP) is -2.40. The van der Waals surface area contributed by atoms with Crippen LogP contribution in [-0.2, 0) is 9.59 Å². The molecule has 0 unspecified atom stereocenters. The molecule has 1 saturated carbocycles. The van der Waals surface area contributed by atoms with Crippen LogP contribution in [0.2, 0.25) is 0 Å². The number of hydrogen-bond donors (Lipinski definition) is 4. The largest absolute Gasteiger partial charge is 0.294 e. The van der Waals surface area contributed by atoms with E-state index in [2.05, 4.69) is 0 Å². The normalized spacial score (nSPS) is 27.5. The minimum Gasteiger partial charge on any atom is -0.294 e. The Balaban J connectivity index is 2.37. The first-order valence-corrected chi connectivity index (χ1v) is 3.21. The van der Waals surface area contributed by atoms with Crippen LogP contribution in [0.5, 0.6) is 0 Å². The molecule has 0 bridgehead atoms. The fourth-order valence-electron chi connectivity index (χ4n) is 0.989. The van der Waals surface area contributed by atoms with E-state index in [9.17, 15) is 9.59 Å².